The van der Waals surface area contributed by atoms with E-state index < -0.39 is 6.10 Å². The Balaban J connectivity index is 0. The van der Waals surface area contributed by atoms with Crippen LogP contribution in [0.1, 0.15) is 6.92 Å². The number of carbonyl (C=O) groups excluding carboxylic acids is 1. The van der Waals surface area contributed by atoms with Crippen LogP contribution in [0.4, 0.5) is 0 Å². The second-order valence-electron chi connectivity index (χ2n) is 3.72. The van der Waals surface area contributed by atoms with Crippen molar-refractivity contribution in [1.29, 1.82) is 0 Å². The normalized spacial score (nSPS) is 17.9. The van der Waals surface area contributed by atoms with Crippen molar-refractivity contribution < 1.29 is 9.53 Å². The van der Waals surface area contributed by atoms with Gasteiger partial charge >= 0.3 is 0 Å². The van der Waals surface area contributed by atoms with Gasteiger partial charge in [0.25, 0.3) is 5.91 Å². The molecule has 1 saturated heterocycles. The molecule has 104 valence electrons. The second-order valence-corrected chi connectivity index (χ2v) is 3.72. The molecule has 1 aliphatic rings. The van der Waals surface area contributed by atoms with Crippen LogP contribution in [0.3, 0.4) is 0 Å². The van der Waals surface area contributed by atoms with E-state index in [1.165, 1.54) is 7.11 Å². The molecule has 1 unspecified atom stereocenters. The Morgan fingerprint density at radius 2 is 1.82 bits per heavy atom. The molecule has 1 amide bonds. The lowest BCUT2D eigenvalue weighted by molar-refractivity contribution is -0.143. The smallest absolute Gasteiger partial charge is 0.253 e. The van der Waals surface area contributed by atoms with Gasteiger partial charge in [0, 0.05) is 39.8 Å². The molecule has 0 aliphatic carbocycles. The van der Waals surface area contributed by atoms with E-state index in [9.17, 15) is 4.79 Å². The molecule has 0 aromatic heterocycles. The maximum Gasteiger partial charge on any atom is 0.253 e. The van der Waals surface area contributed by atoms with Crippen molar-refractivity contribution in [2.24, 2.45) is 5.73 Å². The van der Waals surface area contributed by atoms with Gasteiger partial charge in [-0.15, -0.1) is 24.8 Å². The molecule has 0 radical (unpaired) electrons. The lowest BCUT2D eigenvalue weighted by Gasteiger charge is -2.35. The molecule has 17 heavy (non-hydrogen) atoms. The average Bonchev–Trinajstić information content (AvgIpc) is 2.30. The molecule has 5 nitrogen and oxygen atoms in total. The fraction of sp³-hybridized carbons (Fsp3) is 0.900. The number of nitrogens with two attached hydrogens (primary N) is 1. The first-order chi connectivity index (χ1) is 7.22. The largest absolute Gasteiger partial charge is 0.370 e. The maximum absolute atomic E-state index is 11.9. The van der Waals surface area contributed by atoms with Crippen LogP contribution in [-0.2, 0) is 9.53 Å². The fourth-order valence-electron chi connectivity index (χ4n) is 1.79. The number of likely N-dealkylation sites (N-methyl/N-ethyl adjacent to an activating group) is 1. The molecule has 0 aromatic carbocycles. The van der Waals surface area contributed by atoms with Crippen LogP contribution in [0.5, 0.6) is 0 Å². The van der Waals surface area contributed by atoms with Gasteiger partial charge < -0.3 is 20.3 Å². The molecule has 1 atom stereocenters. The Morgan fingerprint density at radius 1 is 1.29 bits per heavy atom. The van der Waals surface area contributed by atoms with Gasteiger partial charge in [0.2, 0.25) is 0 Å². The van der Waals surface area contributed by atoms with Gasteiger partial charge in [-0.05, 0) is 6.54 Å². The van der Waals surface area contributed by atoms with Gasteiger partial charge in [0.1, 0.15) is 6.10 Å². The summed E-state index contributed by atoms with van der Waals surface area (Å²) in [5.74, 6) is 0.0238. The highest BCUT2D eigenvalue weighted by atomic mass is 35.5. The molecule has 1 fully saturated rings. The first-order valence-electron chi connectivity index (χ1n) is 5.47. The van der Waals surface area contributed by atoms with E-state index in [4.69, 9.17) is 10.5 Å². The zero-order chi connectivity index (χ0) is 11.3. The van der Waals surface area contributed by atoms with Crippen LogP contribution in [-0.4, -0.2) is 68.2 Å². The summed E-state index contributed by atoms with van der Waals surface area (Å²) in [6.07, 6.45) is -0.474. The minimum absolute atomic E-state index is 0. The van der Waals surface area contributed by atoms with E-state index in [2.05, 4.69) is 11.8 Å². The van der Waals surface area contributed by atoms with Gasteiger partial charge in [-0.3, -0.25) is 4.79 Å². The molecule has 1 aliphatic heterocycles. The van der Waals surface area contributed by atoms with Crippen molar-refractivity contribution in [1.82, 2.24) is 9.80 Å². The lowest BCUT2D eigenvalue weighted by atomic mass is 10.2. The van der Waals surface area contributed by atoms with E-state index in [1.54, 1.807) is 0 Å². The third-order valence-corrected chi connectivity index (χ3v) is 2.91. The third kappa shape index (κ3) is 5.40. The second kappa shape index (κ2) is 9.91. The number of methoxy groups -OCH3 is 1. The topological polar surface area (TPSA) is 58.8 Å². The van der Waals surface area contributed by atoms with Crippen molar-refractivity contribution >= 4 is 30.7 Å². The maximum atomic E-state index is 11.9. The van der Waals surface area contributed by atoms with Crippen LogP contribution < -0.4 is 5.73 Å². The van der Waals surface area contributed by atoms with Gasteiger partial charge in [0.15, 0.2) is 0 Å². The highest BCUT2D eigenvalue weighted by molar-refractivity contribution is 5.85. The predicted molar refractivity (Wildman–Crippen MR) is 73.0 cm³/mol. The average molecular weight is 288 g/mol. The summed E-state index contributed by atoms with van der Waals surface area (Å²) in [5, 5.41) is 0. The minimum Gasteiger partial charge on any atom is -0.370 e. The SMILES string of the molecule is CCN1CCN(C(=O)C(CN)OC)CC1.Cl.Cl. The van der Waals surface area contributed by atoms with Crippen LogP contribution >= 0.6 is 24.8 Å². The summed E-state index contributed by atoms with van der Waals surface area (Å²) >= 11 is 0. The Bertz CT molecular complexity index is 208. The zero-order valence-corrected chi connectivity index (χ0v) is 12.1. The molecule has 7 heteroatoms. The summed E-state index contributed by atoms with van der Waals surface area (Å²) in [4.78, 5) is 16.0. The van der Waals surface area contributed by atoms with E-state index in [-0.39, 0.29) is 37.3 Å². The van der Waals surface area contributed by atoms with E-state index in [1.807, 2.05) is 4.90 Å². The Labute approximate surface area is 115 Å². The summed E-state index contributed by atoms with van der Waals surface area (Å²) in [6, 6.07) is 0. The molecule has 1 heterocycles. The van der Waals surface area contributed by atoms with Crippen molar-refractivity contribution in [3.8, 4) is 0 Å². The van der Waals surface area contributed by atoms with Gasteiger partial charge in [-0.2, -0.15) is 0 Å². The van der Waals surface area contributed by atoms with Crippen molar-refractivity contribution in [3.05, 3.63) is 0 Å². The molecular weight excluding hydrogens is 265 g/mol. The number of piperazine rings is 1. The number of hydrogen-bond donors (Lipinski definition) is 1. The molecule has 0 spiro atoms. The minimum atomic E-state index is -0.474. The third-order valence-electron chi connectivity index (χ3n) is 2.91. The van der Waals surface area contributed by atoms with Crippen LogP contribution in [0.2, 0.25) is 0 Å². The van der Waals surface area contributed by atoms with Crippen LogP contribution in [0, 0.1) is 0 Å². The van der Waals surface area contributed by atoms with Crippen LogP contribution in [0.15, 0.2) is 0 Å². The molecule has 0 bridgehead atoms. The summed E-state index contributed by atoms with van der Waals surface area (Å²) in [7, 11) is 1.53. The van der Waals surface area contributed by atoms with Gasteiger partial charge in [-0.25, -0.2) is 0 Å². The molecule has 0 saturated carbocycles. The predicted octanol–water partition coefficient (Wildman–Crippen LogP) is -0.0322. The molecule has 0 aromatic rings. The summed E-state index contributed by atoms with van der Waals surface area (Å²) in [6.45, 7) is 6.90. The quantitative estimate of drug-likeness (QED) is 0.789. The molecular formula is C10H23Cl2N3O2. The Morgan fingerprint density at radius 3 is 2.18 bits per heavy atom. The highest BCUT2D eigenvalue weighted by Crippen LogP contribution is 2.04. The fourth-order valence-corrected chi connectivity index (χ4v) is 1.79. The van der Waals surface area contributed by atoms with Gasteiger partial charge in [0.05, 0.1) is 0 Å². The number of amides is 1. The standard InChI is InChI=1S/C10H21N3O2.2ClH/c1-3-12-4-6-13(7-5-12)10(14)9(8-11)15-2;;/h9H,3-8,11H2,1-2H3;2*1H. The first kappa shape index (κ1) is 19.3. The highest BCUT2D eigenvalue weighted by Gasteiger charge is 2.25. The van der Waals surface area contributed by atoms with E-state index >= 15 is 0 Å². The van der Waals surface area contributed by atoms with E-state index in [0.29, 0.717) is 0 Å². The van der Waals surface area contributed by atoms with Crippen molar-refractivity contribution in [3.63, 3.8) is 0 Å². The zero-order valence-electron chi connectivity index (χ0n) is 10.4. The molecule has 2 N–H and O–H groups in total. The number of nitrogens with zero attached hydrogens (tertiary/aromatic N) is 2. The number of ether oxygens (including phenoxy) is 1. The number of hydrogen-bond acceptors (Lipinski definition) is 4. The van der Waals surface area contributed by atoms with Crippen molar-refractivity contribution in [2.75, 3.05) is 46.4 Å². The monoisotopic (exact) mass is 287 g/mol. The number of rotatable bonds is 4. The number of halogens is 2. The van der Waals surface area contributed by atoms with Crippen LogP contribution in [0.25, 0.3) is 0 Å². The Kier molecular flexibility index (Phi) is 11.2. The first-order valence-corrected chi connectivity index (χ1v) is 5.47. The lowest BCUT2D eigenvalue weighted by Crippen LogP contribution is -2.52. The Hall–Kier alpha value is -0.0700. The van der Waals surface area contributed by atoms with E-state index in [0.717, 1.165) is 32.7 Å². The number of carbonyl (C=O) groups is 1. The van der Waals surface area contributed by atoms with Crippen molar-refractivity contribution in [2.45, 2.75) is 13.0 Å². The van der Waals surface area contributed by atoms with Gasteiger partial charge in [-0.1, -0.05) is 6.92 Å². The summed E-state index contributed by atoms with van der Waals surface area (Å²) < 4.78 is 5.04. The summed E-state index contributed by atoms with van der Waals surface area (Å²) in [5.41, 5.74) is 5.46. The molecule has 1 rings (SSSR count).